The summed E-state index contributed by atoms with van der Waals surface area (Å²) < 4.78 is 2.25. The Bertz CT molecular complexity index is 979. The van der Waals surface area contributed by atoms with E-state index in [0.717, 1.165) is 47.5 Å². The first-order valence-corrected chi connectivity index (χ1v) is 11.9. The van der Waals surface area contributed by atoms with Gasteiger partial charge in [-0.05, 0) is 37.0 Å². The summed E-state index contributed by atoms with van der Waals surface area (Å²) >= 11 is 3.17. The van der Waals surface area contributed by atoms with Gasteiger partial charge in [-0.25, -0.2) is 4.98 Å². The standard InChI is InChI=1S/C21H25N5OS2/c1-3-16-8-10-18(11-9-16)26(15(2)27)20-22-17(13-28-20)14-29-21-24-23-19-7-5-4-6-12-25(19)21/h8-11,13H,3-7,12,14H2,1-2H3. The molecule has 1 amide bonds. The first-order valence-electron chi connectivity index (χ1n) is 10.0. The molecule has 8 heteroatoms. The Morgan fingerprint density at radius 2 is 2.03 bits per heavy atom. The second-order valence-corrected chi connectivity index (χ2v) is 8.92. The predicted octanol–water partition coefficient (Wildman–Crippen LogP) is 5.00. The van der Waals surface area contributed by atoms with Crippen LogP contribution in [0.4, 0.5) is 10.8 Å². The smallest absolute Gasteiger partial charge is 0.230 e. The molecule has 2 aromatic heterocycles. The van der Waals surface area contributed by atoms with E-state index in [1.54, 1.807) is 23.6 Å². The maximum absolute atomic E-state index is 12.3. The molecule has 152 valence electrons. The van der Waals surface area contributed by atoms with Crippen molar-refractivity contribution in [3.8, 4) is 0 Å². The highest BCUT2D eigenvalue weighted by molar-refractivity contribution is 7.98. The van der Waals surface area contributed by atoms with Crippen molar-refractivity contribution in [1.82, 2.24) is 19.7 Å². The summed E-state index contributed by atoms with van der Waals surface area (Å²) in [6, 6.07) is 8.10. The number of carbonyl (C=O) groups is 1. The Morgan fingerprint density at radius 1 is 1.21 bits per heavy atom. The highest BCUT2D eigenvalue weighted by atomic mass is 32.2. The highest BCUT2D eigenvalue weighted by Gasteiger charge is 2.19. The molecule has 0 unspecified atom stereocenters. The largest absolute Gasteiger partial charge is 0.306 e. The molecule has 4 rings (SSSR count). The molecule has 29 heavy (non-hydrogen) atoms. The van der Waals surface area contributed by atoms with Crippen LogP contribution in [0.15, 0.2) is 34.8 Å². The second-order valence-electron chi connectivity index (χ2n) is 7.15. The van der Waals surface area contributed by atoms with Crippen LogP contribution in [0.25, 0.3) is 0 Å². The van der Waals surface area contributed by atoms with Crippen molar-refractivity contribution in [3.63, 3.8) is 0 Å². The van der Waals surface area contributed by atoms with Crippen LogP contribution >= 0.6 is 23.1 Å². The van der Waals surface area contributed by atoms with Crippen molar-refractivity contribution in [2.24, 2.45) is 0 Å². The molecule has 0 saturated carbocycles. The van der Waals surface area contributed by atoms with E-state index in [-0.39, 0.29) is 5.91 Å². The summed E-state index contributed by atoms with van der Waals surface area (Å²) in [5.41, 5.74) is 3.06. The molecule has 0 fully saturated rings. The lowest BCUT2D eigenvalue weighted by atomic mass is 10.1. The fraction of sp³-hybridized carbons (Fsp3) is 0.429. The van der Waals surface area contributed by atoms with Gasteiger partial charge in [0.05, 0.1) is 11.4 Å². The van der Waals surface area contributed by atoms with E-state index in [2.05, 4.69) is 33.8 Å². The van der Waals surface area contributed by atoms with Crippen molar-refractivity contribution in [2.75, 3.05) is 4.90 Å². The van der Waals surface area contributed by atoms with Crippen LogP contribution in [0.3, 0.4) is 0 Å². The molecule has 0 radical (unpaired) electrons. The maximum Gasteiger partial charge on any atom is 0.230 e. The van der Waals surface area contributed by atoms with Gasteiger partial charge < -0.3 is 4.57 Å². The van der Waals surface area contributed by atoms with E-state index in [9.17, 15) is 4.79 Å². The van der Waals surface area contributed by atoms with Gasteiger partial charge in [-0.1, -0.05) is 37.2 Å². The summed E-state index contributed by atoms with van der Waals surface area (Å²) in [7, 11) is 0. The average molecular weight is 428 g/mol. The third-order valence-corrected chi connectivity index (χ3v) is 6.95. The fourth-order valence-electron chi connectivity index (χ4n) is 3.48. The quantitative estimate of drug-likeness (QED) is 0.518. The lowest BCUT2D eigenvalue weighted by Gasteiger charge is -2.18. The normalized spacial score (nSPS) is 13.7. The SMILES string of the molecule is CCc1ccc(N(C(C)=O)c2nc(CSc3nnc4n3CCCCC4)cs2)cc1. The van der Waals surface area contributed by atoms with Crippen LogP contribution < -0.4 is 4.90 Å². The molecule has 0 atom stereocenters. The van der Waals surface area contributed by atoms with Crippen molar-refractivity contribution < 1.29 is 4.79 Å². The van der Waals surface area contributed by atoms with Gasteiger partial charge in [-0.2, -0.15) is 0 Å². The number of nitrogens with zero attached hydrogens (tertiary/aromatic N) is 5. The fourth-order valence-corrected chi connectivity index (χ4v) is 5.34. The first-order chi connectivity index (χ1) is 14.2. The van der Waals surface area contributed by atoms with Crippen LogP contribution in [-0.4, -0.2) is 25.7 Å². The Labute approximate surface area is 179 Å². The lowest BCUT2D eigenvalue weighted by molar-refractivity contribution is -0.115. The van der Waals surface area contributed by atoms with Crippen LogP contribution in [0.2, 0.25) is 0 Å². The third kappa shape index (κ3) is 4.53. The van der Waals surface area contributed by atoms with E-state index in [1.807, 2.05) is 17.5 Å². The van der Waals surface area contributed by atoms with Crippen molar-refractivity contribution in [2.45, 2.75) is 63.4 Å². The van der Waals surface area contributed by atoms with Gasteiger partial charge in [0.25, 0.3) is 0 Å². The molecule has 3 heterocycles. The minimum absolute atomic E-state index is 0.0365. The molecule has 0 bridgehead atoms. The Hall–Kier alpha value is -2.19. The molecule has 0 spiro atoms. The highest BCUT2D eigenvalue weighted by Crippen LogP contribution is 2.31. The summed E-state index contributed by atoms with van der Waals surface area (Å²) in [6.07, 6.45) is 5.62. The number of thiazole rings is 1. The van der Waals surface area contributed by atoms with Crippen LogP contribution in [0.5, 0.6) is 0 Å². The van der Waals surface area contributed by atoms with Gasteiger partial charge in [0.1, 0.15) is 5.82 Å². The molecular weight excluding hydrogens is 402 g/mol. The summed E-state index contributed by atoms with van der Waals surface area (Å²) in [4.78, 5) is 18.7. The maximum atomic E-state index is 12.3. The number of fused-ring (bicyclic) bond motifs is 1. The Kier molecular flexibility index (Phi) is 6.30. The molecule has 1 aliphatic rings. The minimum atomic E-state index is -0.0365. The molecule has 3 aromatic rings. The number of carbonyl (C=O) groups excluding carboxylic acids is 1. The molecule has 0 aliphatic carbocycles. The first kappa shape index (κ1) is 20.1. The number of aromatic nitrogens is 4. The topological polar surface area (TPSA) is 63.9 Å². The zero-order chi connectivity index (χ0) is 20.2. The van der Waals surface area contributed by atoms with E-state index in [0.29, 0.717) is 5.13 Å². The summed E-state index contributed by atoms with van der Waals surface area (Å²) in [5.74, 6) is 1.78. The molecule has 6 nitrogen and oxygen atoms in total. The zero-order valence-corrected chi connectivity index (χ0v) is 18.4. The van der Waals surface area contributed by atoms with E-state index in [1.165, 1.54) is 36.2 Å². The van der Waals surface area contributed by atoms with E-state index >= 15 is 0 Å². The molecule has 1 aliphatic heterocycles. The van der Waals surface area contributed by atoms with Gasteiger partial charge in [0, 0.05) is 31.0 Å². The molecular formula is C21H25N5OS2. The Balaban J connectivity index is 1.48. The second kappa shape index (κ2) is 9.09. The van der Waals surface area contributed by atoms with Crippen LogP contribution in [0, 0.1) is 0 Å². The zero-order valence-electron chi connectivity index (χ0n) is 16.8. The number of benzene rings is 1. The van der Waals surface area contributed by atoms with Crippen molar-refractivity contribution >= 4 is 39.8 Å². The number of amides is 1. The lowest BCUT2D eigenvalue weighted by Crippen LogP contribution is -2.22. The van der Waals surface area contributed by atoms with Gasteiger partial charge in [0.15, 0.2) is 10.3 Å². The number of thioether (sulfide) groups is 1. The monoisotopic (exact) mass is 427 g/mol. The predicted molar refractivity (Wildman–Crippen MR) is 118 cm³/mol. The van der Waals surface area contributed by atoms with Gasteiger partial charge in [0.2, 0.25) is 5.91 Å². The molecule has 1 aromatic carbocycles. The number of anilines is 2. The van der Waals surface area contributed by atoms with Crippen molar-refractivity contribution in [1.29, 1.82) is 0 Å². The van der Waals surface area contributed by atoms with Gasteiger partial charge in [-0.3, -0.25) is 9.69 Å². The van der Waals surface area contributed by atoms with Crippen LogP contribution in [-0.2, 0) is 29.9 Å². The number of hydrogen-bond donors (Lipinski definition) is 0. The number of aryl methyl sites for hydroxylation is 2. The van der Waals surface area contributed by atoms with Crippen molar-refractivity contribution in [3.05, 3.63) is 46.7 Å². The number of rotatable bonds is 6. The van der Waals surface area contributed by atoms with Crippen LogP contribution in [0.1, 0.15) is 50.2 Å². The average Bonchev–Trinajstić information content (AvgIpc) is 3.27. The van der Waals surface area contributed by atoms with E-state index < -0.39 is 0 Å². The summed E-state index contributed by atoms with van der Waals surface area (Å²) in [5, 5.41) is 12.4. The minimum Gasteiger partial charge on any atom is -0.306 e. The molecule has 0 saturated heterocycles. The van der Waals surface area contributed by atoms with E-state index in [4.69, 9.17) is 4.98 Å². The summed E-state index contributed by atoms with van der Waals surface area (Å²) in [6.45, 7) is 4.70. The van der Waals surface area contributed by atoms with Gasteiger partial charge in [-0.15, -0.1) is 21.5 Å². The molecule has 0 N–H and O–H groups in total. The number of hydrogen-bond acceptors (Lipinski definition) is 6. The van der Waals surface area contributed by atoms with Gasteiger partial charge >= 0.3 is 0 Å². The third-order valence-electron chi connectivity index (χ3n) is 5.07. The Morgan fingerprint density at radius 3 is 2.79 bits per heavy atom.